The van der Waals surface area contributed by atoms with E-state index in [-0.39, 0.29) is 11.7 Å². The van der Waals surface area contributed by atoms with E-state index in [1.54, 1.807) is 43.5 Å². The lowest BCUT2D eigenvalue weighted by Gasteiger charge is -2.10. The van der Waals surface area contributed by atoms with Gasteiger partial charge < -0.3 is 15.4 Å². The number of hydrogen-bond donors (Lipinski definition) is 2. The molecule has 0 aliphatic carbocycles. The summed E-state index contributed by atoms with van der Waals surface area (Å²) >= 11 is 0. The van der Waals surface area contributed by atoms with Gasteiger partial charge in [0.05, 0.1) is 12.7 Å². The molecule has 6 nitrogen and oxygen atoms in total. The number of aromatic nitrogens is 1. The van der Waals surface area contributed by atoms with Crippen molar-refractivity contribution in [3.63, 3.8) is 0 Å². The van der Waals surface area contributed by atoms with Crippen LogP contribution in [0.15, 0.2) is 66.9 Å². The number of nitrogens with zero attached hydrogens (tertiary/aromatic N) is 1. The van der Waals surface area contributed by atoms with Crippen LogP contribution in [0.1, 0.15) is 33.2 Å². The Kier molecular flexibility index (Phi) is 6.58. The van der Waals surface area contributed by atoms with Gasteiger partial charge >= 0.3 is 0 Å². The third kappa shape index (κ3) is 5.42. The molecule has 1 heterocycles. The van der Waals surface area contributed by atoms with Crippen LogP contribution in [0, 0.1) is 0 Å². The Bertz CT molecular complexity index is 983. The summed E-state index contributed by atoms with van der Waals surface area (Å²) in [6, 6.07) is 18.2. The van der Waals surface area contributed by atoms with Crippen LogP contribution >= 0.6 is 0 Å². The van der Waals surface area contributed by atoms with Gasteiger partial charge in [-0.3, -0.25) is 9.59 Å². The molecule has 29 heavy (non-hydrogen) atoms. The van der Waals surface area contributed by atoms with E-state index < -0.39 is 0 Å². The Labute approximate surface area is 169 Å². The number of nitrogens with one attached hydrogen (secondary N) is 2. The molecule has 1 aromatic heterocycles. The number of Topliss-reactive ketones (excluding diaryl/α,β-unsaturated/α-hetero) is 1. The van der Waals surface area contributed by atoms with E-state index in [2.05, 4.69) is 15.6 Å². The molecule has 3 rings (SSSR count). The second-order valence-corrected chi connectivity index (χ2v) is 6.51. The minimum Gasteiger partial charge on any atom is -0.496 e. The van der Waals surface area contributed by atoms with Crippen LogP contribution in [0.4, 0.5) is 11.5 Å². The van der Waals surface area contributed by atoms with Gasteiger partial charge in [-0.2, -0.15) is 0 Å². The van der Waals surface area contributed by atoms with Crippen LogP contribution in [0.3, 0.4) is 0 Å². The normalized spacial score (nSPS) is 10.3. The van der Waals surface area contributed by atoms with Crippen molar-refractivity contribution in [2.45, 2.75) is 13.3 Å². The van der Waals surface area contributed by atoms with Crippen molar-refractivity contribution >= 4 is 23.2 Å². The number of benzene rings is 2. The van der Waals surface area contributed by atoms with E-state index in [9.17, 15) is 9.59 Å². The minimum absolute atomic E-state index is 0.0131. The largest absolute Gasteiger partial charge is 0.496 e. The zero-order valence-electron chi connectivity index (χ0n) is 16.4. The highest BCUT2D eigenvalue weighted by molar-refractivity contribution is 6.04. The number of amides is 1. The average Bonchev–Trinajstić information content (AvgIpc) is 2.75. The van der Waals surface area contributed by atoms with Crippen molar-refractivity contribution in [2.75, 3.05) is 24.3 Å². The third-order valence-electron chi connectivity index (χ3n) is 4.47. The average molecular weight is 389 g/mol. The minimum atomic E-state index is -0.256. The van der Waals surface area contributed by atoms with Crippen LogP contribution in [-0.2, 0) is 6.42 Å². The number of hydrogen-bond acceptors (Lipinski definition) is 5. The molecule has 2 aromatic carbocycles. The number of para-hydroxylation sites is 1. The number of pyridine rings is 1. The Morgan fingerprint density at radius 3 is 2.34 bits per heavy atom. The monoisotopic (exact) mass is 389 g/mol. The molecule has 0 unspecified atom stereocenters. The summed E-state index contributed by atoms with van der Waals surface area (Å²) in [7, 11) is 1.66. The lowest BCUT2D eigenvalue weighted by Crippen LogP contribution is -2.13. The smallest absolute Gasteiger partial charge is 0.257 e. The van der Waals surface area contributed by atoms with E-state index >= 15 is 0 Å². The maximum atomic E-state index is 12.4. The van der Waals surface area contributed by atoms with Gasteiger partial charge in [0.2, 0.25) is 0 Å². The zero-order chi connectivity index (χ0) is 20.6. The van der Waals surface area contributed by atoms with Crippen LogP contribution in [-0.4, -0.2) is 30.3 Å². The van der Waals surface area contributed by atoms with E-state index in [0.29, 0.717) is 29.2 Å². The third-order valence-corrected chi connectivity index (χ3v) is 4.47. The molecule has 0 bridgehead atoms. The van der Waals surface area contributed by atoms with Crippen LogP contribution in [0.2, 0.25) is 0 Å². The number of ether oxygens (including phenoxy) is 1. The van der Waals surface area contributed by atoms with Gasteiger partial charge in [0.1, 0.15) is 11.6 Å². The van der Waals surface area contributed by atoms with Crippen molar-refractivity contribution in [3.8, 4) is 5.75 Å². The van der Waals surface area contributed by atoms with E-state index in [0.717, 1.165) is 17.7 Å². The summed E-state index contributed by atoms with van der Waals surface area (Å²) in [6.45, 7) is 2.20. The molecule has 3 aromatic rings. The molecule has 0 aliphatic heterocycles. The fraction of sp³-hybridized carbons (Fsp3) is 0.174. The van der Waals surface area contributed by atoms with E-state index in [4.69, 9.17) is 4.74 Å². The number of ketones is 1. The van der Waals surface area contributed by atoms with Gasteiger partial charge in [-0.1, -0.05) is 18.2 Å². The lowest BCUT2D eigenvalue weighted by atomic mass is 10.1. The van der Waals surface area contributed by atoms with Gasteiger partial charge in [0, 0.05) is 24.0 Å². The van der Waals surface area contributed by atoms with Crippen molar-refractivity contribution in [1.82, 2.24) is 4.98 Å². The van der Waals surface area contributed by atoms with Crippen LogP contribution < -0.4 is 15.4 Å². The summed E-state index contributed by atoms with van der Waals surface area (Å²) < 4.78 is 5.35. The second-order valence-electron chi connectivity index (χ2n) is 6.51. The number of methoxy groups -OCH3 is 1. The number of carbonyl (C=O) groups is 2. The molecular weight excluding hydrogens is 366 g/mol. The molecule has 6 heteroatoms. The van der Waals surface area contributed by atoms with Crippen LogP contribution in [0.5, 0.6) is 5.75 Å². The first-order valence-corrected chi connectivity index (χ1v) is 9.31. The molecule has 0 atom stereocenters. The molecule has 0 aliphatic rings. The number of carbonyl (C=O) groups excluding carboxylic acids is 2. The van der Waals surface area contributed by atoms with Gasteiger partial charge in [-0.25, -0.2) is 4.98 Å². The summed E-state index contributed by atoms with van der Waals surface area (Å²) in [5, 5.41) is 6.04. The molecule has 148 valence electrons. The second kappa shape index (κ2) is 9.50. The Balaban J connectivity index is 1.53. The first-order valence-electron chi connectivity index (χ1n) is 9.31. The fourth-order valence-corrected chi connectivity index (χ4v) is 2.86. The molecule has 0 spiro atoms. The summed E-state index contributed by atoms with van der Waals surface area (Å²) in [5.74, 6) is 1.29. The predicted octanol–water partition coefficient (Wildman–Crippen LogP) is 4.20. The molecular formula is C23H23N3O3. The van der Waals surface area contributed by atoms with Crippen molar-refractivity contribution in [3.05, 3.63) is 83.6 Å². The Morgan fingerprint density at radius 1 is 0.966 bits per heavy atom. The first-order chi connectivity index (χ1) is 14.1. The summed E-state index contributed by atoms with van der Waals surface area (Å²) in [4.78, 5) is 28.0. The highest BCUT2D eigenvalue weighted by atomic mass is 16.5. The van der Waals surface area contributed by atoms with Gasteiger partial charge in [-0.05, 0) is 61.4 Å². The van der Waals surface area contributed by atoms with Crippen molar-refractivity contribution in [1.29, 1.82) is 0 Å². The highest BCUT2D eigenvalue weighted by Gasteiger charge is 2.08. The number of anilines is 2. The molecule has 0 fully saturated rings. The summed E-state index contributed by atoms with van der Waals surface area (Å²) in [5.41, 5.74) is 2.80. The van der Waals surface area contributed by atoms with Crippen LogP contribution in [0.25, 0.3) is 0 Å². The molecule has 1 amide bonds. The van der Waals surface area contributed by atoms with Crippen molar-refractivity contribution in [2.24, 2.45) is 0 Å². The SMILES string of the molecule is COc1ccccc1CCNc1ccc(C(=O)Nc2ccc(C(C)=O)cc2)cn1. The fourth-order valence-electron chi connectivity index (χ4n) is 2.86. The van der Waals surface area contributed by atoms with Gasteiger partial charge in [0.15, 0.2) is 5.78 Å². The van der Waals surface area contributed by atoms with E-state index in [1.165, 1.54) is 13.1 Å². The molecule has 0 saturated heterocycles. The topological polar surface area (TPSA) is 80.3 Å². The molecule has 2 N–H and O–H groups in total. The predicted molar refractivity (Wildman–Crippen MR) is 114 cm³/mol. The standard InChI is InChI=1S/C23H23N3O3/c1-16(27)17-7-10-20(11-8-17)26-23(28)19-9-12-22(25-15-19)24-14-13-18-5-3-4-6-21(18)29-2/h3-12,15H,13-14H2,1-2H3,(H,24,25)(H,26,28). The maximum absolute atomic E-state index is 12.4. The summed E-state index contributed by atoms with van der Waals surface area (Å²) in [6.07, 6.45) is 2.33. The Morgan fingerprint density at radius 2 is 1.69 bits per heavy atom. The highest BCUT2D eigenvalue weighted by Crippen LogP contribution is 2.18. The molecule has 0 saturated carbocycles. The number of rotatable bonds is 8. The van der Waals surface area contributed by atoms with Crippen molar-refractivity contribution < 1.29 is 14.3 Å². The molecule has 0 radical (unpaired) electrons. The van der Waals surface area contributed by atoms with Gasteiger partial charge in [-0.15, -0.1) is 0 Å². The zero-order valence-corrected chi connectivity index (χ0v) is 16.4. The lowest BCUT2D eigenvalue weighted by molar-refractivity contribution is 0.101. The van der Waals surface area contributed by atoms with Gasteiger partial charge in [0.25, 0.3) is 5.91 Å². The van der Waals surface area contributed by atoms with E-state index in [1.807, 2.05) is 24.3 Å². The quantitative estimate of drug-likeness (QED) is 0.565. The maximum Gasteiger partial charge on any atom is 0.257 e. The first kappa shape index (κ1) is 20.1. The Hall–Kier alpha value is -3.67.